The standard InChI is InChI=1S/C18H16FN3OS/c1-10-8-11(2)15(12(3)9-10)17-21-22-18(24-17)20-16(23)13-4-6-14(19)7-5-13/h4-9H,1-3H3,(H,20,22,23). The van der Waals surface area contributed by atoms with Gasteiger partial charge in [-0.1, -0.05) is 29.0 Å². The number of rotatable bonds is 3. The number of hydrogen-bond donors (Lipinski definition) is 1. The van der Waals surface area contributed by atoms with Crippen LogP contribution in [0.2, 0.25) is 0 Å². The van der Waals surface area contributed by atoms with E-state index in [9.17, 15) is 9.18 Å². The van der Waals surface area contributed by atoms with Crippen molar-refractivity contribution in [2.24, 2.45) is 0 Å². The summed E-state index contributed by atoms with van der Waals surface area (Å²) in [4.78, 5) is 12.2. The van der Waals surface area contributed by atoms with Crippen LogP contribution in [0.15, 0.2) is 36.4 Å². The smallest absolute Gasteiger partial charge is 0.257 e. The maximum absolute atomic E-state index is 12.9. The molecule has 2 aromatic carbocycles. The van der Waals surface area contributed by atoms with Gasteiger partial charge in [0, 0.05) is 11.1 Å². The fourth-order valence-corrected chi connectivity index (χ4v) is 3.58. The summed E-state index contributed by atoms with van der Waals surface area (Å²) >= 11 is 1.32. The molecule has 0 aliphatic carbocycles. The zero-order chi connectivity index (χ0) is 17.3. The second-order valence-electron chi connectivity index (χ2n) is 5.65. The predicted molar refractivity (Wildman–Crippen MR) is 93.9 cm³/mol. The number of halogens is 1. The van der Waals surface area contributed by atoms with E-state index >= 15 is 0 Å². The van der Waals surface area contributed by atoms with Crippen molar-refractivity contribution in [2.45, 2.75) is 20.8 Å². The molecule has 1 aromatic heterocycles. The summed E-state index contributed by atoms with van der Waals surface area (Å²) in [5.74, 6) is -0.717. The third-order valence-corrected chi connectivity index (χ3v) is 4.50. The van der Waals surface area contributed by atoms with Crippen LogP contribution in [0.5, 0.6) is 0 Å². The molecule has 0 saturated carbocycles. The molecule has 3 aromatic rings. The first-order chi connectivity index (χ1) is 11.4. The van der Waals surface area contributed by atoms with Gasteiger partial charge in [-0.15, -0.1) is 10.2 Å². The van der Waals surface area contributed by atoms with Crippen LogP contribution in [0.1, 0.15) is 27.0 Å². The van der Waals surface area contributed by atoms with Crippen LogP contribution in [0.25, 0.3) is 10.6 Å². The van der Waals surface area contributed by atoms with Gasteiger partial charge in [-0.3, -0.25) is 10.1 Å². The number of carbonyl (C=O) groups is 1. The SMILES string of the molecule is Cc1cc(C)c(-c2nnc(NC(=O)c3ccc(F)cc3)s2)c(C)c1. The van der Waals surface area contributed by atoms with Crippen LogP contribution in [-0.4, -0.2) is 16.1 Å². The molecule has 122 valence electrons. The van der Waals surface area contributed by atoms with Crippen molar-refractivity contribution < 1.29 is 9.18 Å². The van der Waals surface area contributed by atoms with Gasteiger partial charge in [0.05, 0.1) is 0 Å². The van der Waals surface area contributed by atoms with Crippen molar-refractivity contribution in [3.05, 3.63) is 64.5 Å². The van der Waals surface area contributed by atoms with Gasteiger partial charge < -0.3 is 0 Å². The lowest BCUT2D eigenvalue weighted by Gasteiger charge is -2.07. The van der Waals surface area contributed by atoms with Crippen LogP contribution in [0.4, 0.5) is 9.52 Å². The summed E-state index contributed by atoms with van der Waals surface area (Å²) in [7, 11) is 0. The summed E-state index contributed by atoms with van der Waals surface area (Å²) in [6.45, 7) is 6.12. The minimum atomic E-state index is -0.380. The highest BCUT2D eigenvalue weighted by atomic mass is 32.1. The van der Waals surface area contributed by atoms with Gasteiger partial charge in [0.25, 0.3) is 5.91 Å². The van der Waals surface area contributed by atoms with E-state index in [2.05, 4.69) is 34.6 Å². The van der Waals surface area contributed by atoms with Crippen molar-refractivity contribution in [1.82, 2.24) is 10.2 Å². The van der Waals surface area contributed by atoms with E-state index in [1.807, 2.05) is 13.8 Å². The van der Waals surface area contributed by atoms with Gasteiger partial charge in [0.15, 0.2) is 0 Å². The van der Waals surface area contributed by atoms with Crippen LogP contribution in [-0.2, 0) is 0 Å². The number of anilines is 1. The number of amides is 1. The Labute approximate surface area is 143 Å². The Hall–Kier alpha value is -2.60. The fraction of sp³-hybridized carbons (Fsp3) is 0.167. The van der Waals surface area contributed by atoms with Gasteiger partial charge in [0.1, 0.15) is 10.8 Å². The van der Waals surface area contributed by atoms with Crippen molar-refractivity contribution in [2.75, 3.05) is 5.32 Å². The molecule has 0 atom stereocenters. The average molecular weight is 341 g/mol. The zero-order valence-corrected chi connectivity index (χ0v) is 14.4. The zero-order valence-electron chi connectivity index (χ0n) is 13.6. The maximum atomic E-state index is 12.9. The van der Waals surface area contributed by atoms with E-state index in [-0.39, 0.29) is 11.7 Å². The Morgan fingerprint density at radius 2 is 1.67 bits per heavy atom. The number of benzene rings is 2. The van der Waals surface area contributed by atoms with Crippen LogP contribution >= 0.6 is 11.3 Å². The number of nitrogens with one attached hydrogen (secondary N) is 1. The first-order valence-electron chi connectivity index (χ1n) is 7.42. The second-order valence-corrected chi connectivity index (χ2v) is 6.62. The number of carbonyl (C=O) groups excluding carboxylic acids is 1. The molecule has 6 heteroatoms. The molecule has 4 nitrogen and oxygen atoms in total. The minimum absolute atomic E-state index is 0.338. The molecule has 1 N–H and O–H groups in total. The molecule has 1 heterocycles. The monoisotopic (exact) mass is 341 g/mol. The maximum Gasteiger partial charge on any atom is 0.257 e. The molecule has 1 amide bonds. The molecule has 0 fully saturated rings. The molecule has 0 aliphatic heterocycles. The molecule has 0 unspecified atom stereocenters. The summed E-state index contributed by atoms with van der Waals surface area (Å²) in [6.07, 6.45) is 0. The highest BCUT2D eigenvalue weighted by molar-refractivity contribution is 7.18. The molecular formula is C18H16FN3OS. The first kappa shape index (κ1) is 16.3. The van der Waals surface area contributed by atoms with Crippen LogP contribution in [0, 0.1) is 26.6 Å². The van der Waals surface area contributed by atoms with E-state index in [1.54, 1.807) is 0 Å². The Morgan fingerprint density at radius 1 is 1.04 bits per heavy atom. The first-order valence-corrected chi connectivity index (χ1v) is 8.24. The third-order valence-electron chi connectivity index (χ3n) is 3.64. The van der Waals surface area contributed by atoms with Gasteiger partial charge in [0.2, 0.25) is 5.13 Å². The summed E-state index contributed by atoms with van der Waals surface area (Å²) in [5, 5.41) is 12.1. The van der Waals surface area contributed by atoms with E-state index < -0.39 is 0 Å². The highest BCUT2D eigenvalue weighted by Crippen LogP contribution is 2.32. The van der Waals surface area contributed by atoms with Gasteiger partial charge in [-0.05, 0) is 56.2 Å². The van der Waals surface area contributed by atoms with E-state index in [4.69, 9.17) is 0 Å². The number of aryl methyl sites for hydroxylation is 3. The molecule has 0 spiro atoms. The quantitative estimate of drug-likeness (QED) is 0.762. The summed E-state index contributed by atoms with van der Waals surface area (Å²) < 4.78 is 12.9. The summed E-state index contributed by atoms with van der Waals surface area (Å²) in [5.41, 5.74) is 4.86. The Kier molecular flexibility index (Phi) is 4.40. The van der Waals surface area contributed by atoms with Crippen molar-refractivity contribution in [3.8, 4) is 10.6 Å². The third kappa shape index (κ3) is 3.33. The van der Waals surface area contributed by atoms with E-state index in [0.717, 1.165) is 21.7 Å². The lowest BCUT2D eigenvalue weighted by atomic mass is 10.0. The van der Waals surface area contributed by atoms with Crippen molar-refractivity contribution >= 4 is 22.4 Å². The number of hydrogen-bond acceptors (Lipinski definition) is 4. The Balaban J connectivity index is 1.84. The van der Waals surface area contributed by atoms with Gasteiger partial charge in [-0.2, -0.15) is 0 Å². The van der Waals surface area contributed by atoms with E-state index in [0.29, 0.717) is 10.7 Å². The number of nitrogens with zero attached hydrogens (tertiary/aromatic N) is 2. The average Bonchev–Trinajstić information content (AvgIpc) is 2.95. The lowest BCUT2D eigenvalue weighted by molar-refractivity contribution is 0.102. The van der Waals surface area contributed by atoms with Crippen molar-refractivity contribution in [1.29, 1.82) is 0 Å². The molecule has 3 rings (SSSR count). The molecule has 0 saturated heterocycles. The molecular weight excluding hydrogens is 325 g/mol. The Bertz CT molecular complexity index is 880. The van der Waals surface area contributed by atoms with Crippen molar-refractivity contribution in [3.63, 3.8) is 0 Å². The number of aromatic nitrogens is 2. The van der Waals surface area contributed by atoms with Crippen LogP contribution < -0.4 is 5.32 Å². The Morgan fingerprint density at radius 3 is 2.29 bits per heavy atom. The van der Waals surface area contributed by atoms with E-state index in [1.165, 1.54) is 41.2 Å². The summed E-state index contributed by atoms with van der Waals surface area (Å²) in [6, 6.07) is 9.56. The van der Waals surface area contributed by atoms with Crippen LogP contribution in [0.3, 0.4) is 0 Å². The topological polar surface area (TPSA) is 54.9 Å². The minimum Gasteiger partial charge on any atom is -0.296 e. The molecule has 0 radical (unpaired) electrons. The highest BCUT2D eigenvalue weighted by Gasteiger charge is 2.14. The fourth-order valence-electron chi connectivity index (χ4n) is 2.66. The normalized spacial score (nSPS) is 10.7. The predicted octanol–water partition coefficient (Wildman–Crippen LogP) is 4.52. The second kappa shape index (κ2) is 6.49. The molecule has 24 heavy (non-hydrogen) atoms. The van der Waals surface area contributed by atoms with Gasteiger partial charge >= 0.3 is 0 Å². The molecule has 0 bridgehead atoms. The lowest BCUT2D eigenvalue weighted by Crippen LogP contribution is -2.11. The molecule has 0 aliphatic rings. The van der Waals surface area contributed by atoms with Gasteiger partial charge in [-0.25, -0.2) is 4.39 Å². The largest absolute Gasteiger partial charge is 0.296 e.